The molecule has 0 aliphatic carbocycles. The van der Waals surface area contributed by atoms with Crippen LogP contribution in [0.3, 0.4) is 0 Å². The fraction of sp³-hybridized carbons (Fsp3) is 0.833. The number of amides is 1. The molecule has 0 aromatic rings. The number of nitrogens with one attached hydrogen (secondary N) is 2. The highest BCUT2D eigenvalue weighted by molar-refractivity contribution is 7.92. The van der Waals surface area contributed by atoms with Crippen molar-refractivity contribution in [2.24, 2.45) is 0 Å². The van der Waals surface area contributed by atoms with Crippen LogP contribution in [-0.4, -0.2) is 45.5 Å². The van der Waals surface area contributed by atoms with Gasteiger partial charge in [0.2, 0.25) is 5.91 Å². The molecular weight excluding hydrogens is 180 g/mol. The molecule has 0 radical (unpaired) electrons. The van der Waals surface area contributed by atoms with Gasteiger partial charge >= 0.3 is 0 Å². The van der Waals surface area contributed by atoms with Crippen LogP contribution >= 0.6 is 0 Å². The molecule has 1 rings (SSSR count). The summed E-state index contributed by atoms with van der Waals surface area (Å²) in [6.45, 7) is 0.943. The maximum Gasteiger partial charge on any atom is 0.234 e. The fourth-order valence-electron chi connectivity index (χ4n) is 0.889. The molecule has 6 heteroatoms. The van der Waals surface area contributed by atoms with E-state index in [4.69, 9.17) is 0 Å². The van der Waals surface area contributed by atoms with Crippen LogP contribution in [0.2, 0.25) is 0 Å². The van der Waals surface area contributed by atoms with Crippen molar-refractivity contribution in [3.8, 4) is 0 Å². The maximum atomic E-state index is 11.3. The largest absolute Gasteiger partial charge is 0.358 e. The van der Waals surface area contributed by atoms with E-state index in [1.807, 2.05) is 0 Å². The standard InChI is InChI=1S/C6H12N2O3S/c1-7-6(9)4-12(10,11)5-2-8-3-5/h5,8H,2-4H2,1H3,(H,7,9). The Balaban J connectivity index is 2.54. The number of sulfone groups is 1. The van der Waals surface area contributed by atoms with Gasteiger partial charge in [-0.2, -0.15) is 0 Å². The summed E-state index contributed by atoms with van der Waals surface area (Å²) >= 11 is 0. The van der Waals surface area contributed by atoms with Crippen molar-refractivity contribution in [1.29, 1.82) is 0 Å². The minimum absolute atomic E-state index is 0.366. The number of hydrogen-bond acceptors (Lipinski definition) is 4. The molecule has 0 saturated carbocycles. The molecule has 0 aromatic heterocycles. The third kappa shape index (κ3) is 1.95. The highest BCUT2D eigenvalue weighted by atomic mass is 32.2. The van der Waals surface area contributed by atoms with Gasteiger partial charge < -0.3 is 10.6 Å². The van der Waals surface area contributed by atoms with Crippen molar-refractivity contribution >= 4 is 15.7 Å². The number of hydrogen-bond donors (Lipinski definition) is 2. The molecule has 0 bridgehead atoms. The smallest absolute Gasteiger partial charge is 0.234 e. The zero-order valence-corrected chi connectivity index (χ0v) is 7.65. The van der Waals surface area contributed by atoms with Gasteiger partial charge in [0.25, 0.3) is 0 Å². The molecule has 70 valence electrons. The minimum atomic E-state index is -3.21. The summed E-state index contributed by atoms with van der Waals surface area (Å²) < 4.78 is 22.6. The van der Waals surface area contributed by atoms with Crippen molar-refractivity contribution < 1.29 is 13.2 Å². The van der Waals surface area contributed by atoms with Gasteiger partial charge in [-0.05, 0) is 0 Å². The van der Waals surface area contributed by atoms with Crippen molar-refractivity contribution in [1.82, 2.24) is 10.6 Å². The second-order valence-electron chi connectivity index (χ2n) is 2.76. The highest BCUT2D eigenvalue weighted by Gasteiger charge is 2.32. The Morgan fingerprint density at radius 2 is 2.17 bits per heavy atom. The van der Waals surface area contributed by atoms with E-state index in [9.17, 15) is 13.2 Å². The summed E-state index contributed by atoms with van der Waals surface area (Å²) in [5.74, 6) is -0.836. The Kier molecular flexibility index (Phi) is 2.69. The van der Waals surface area contributed by atoms with Crippen LogP contribution in [0, 0.1) is 0 Å². The second kappa shape index (κ2) is 3.40. The molecule has 0 unspecified atom stereocenters. The lowest BCUT2D eigenvalue weighted by Gasteiger charge is -2.26. The normalized spacial score (nSPS) is 18.4. The lowest BCUT2D eigenvalue weighted by Crippen LogP contribution is -2.53. The fourth-order valence-corrected chi connectivity index (χ4v) is 2.38. The van der Waals surface area contributed by atoms with Crippen LogP contribution < -0.4 is 10.6 Å². The number of carbonyl (C=O) groups excluding carboxylic acids is 1. The number of carbonyl (C=O) groups is 1. The van der Waals surface area contributed by atoms with Gasteiger partial charge in [-0.15, -0.1) is 0 Å². The van der Waals surface area contributed by atoms with Crippen LogP contribution in [0.1, 0.15) is 0 Å². The maximum absolute atomic E-state index is 11.3. The summed E-state index contributed by atoms with van der Waals surface area (Å²) in [7, 11) is -1.78. The van der Waals surface area contributed by atoms with Gasteiger partial charge in [-0.3, -0.25) is 4.79 Å². The average Bonchev–Trinajstić information content (AvgIpc) is 1.80. The Bertz CT molecular complexity index is 269. The predicted molar refractivity (Wildman–Crippen MR) is 44.5 cm³/mol. The Morgan fingerprint density at radius 1 is 1.58 bits per heavy atom. The van der Waals surface area contributed by atoms with Crippen LogP contribution in [0.25, 0.3) is 0 Å². The summed E-state index contributed by atoms with van der Waals surface area (Å²) in [6, 6.07) is 0. The van der Waals surface area contributed by atoms with E-state index < -0.39 is 21.5 Å². The number of rotatable bonds is 3. The third-order valence-corrected chi connectivity index (χ3v) is 3.88. The Hall–Kier alpha value is -0.620. The van der Waals surface area contributed by atoms with E-state index in [-0.39, 0.29) is 5.25 Å². The van der Waals surface area contributed by atoms with Gasteiger partial charge in [0.05, 0.1) is 5.25 Å². The molecule has 1 amide bonds. The van der Waals surface area contributed by atoms with E-state index in [2.05, 4.69) is 10.6 Å². The first-order valence-electron chi connectivity index (χ1n) is 3.69. The second-order valence-corrected chi connectivity index (χ2v) is 5.04. The van der Waals surface area contributed by atoms with Gasteiger partial charge in [-0.25, -0.2) is 8.42 Å². The lowest BCUT2D eigenvalue weighted by molar-refractivity contribution is -0.118. The zero-order chi connectivity index (χ0) is 9.19. The van der Waals surface area contributed by atoms with Crippen molar-refractivity contribution in [3.05, 3.63) is 0 Å². The van der Waals surface area contributed by atoms with Gasteiger partial charge in [-0.1, -0.05) is 0 Å². The van der Waals surface area contributed by atoms with E-state index >= 15 is 0 Å². The summed E-state index contributed by atoms with van der Waals surface area (Å²) in [4.78, 5) is 10.8. The van der Waals surface area contributed by atoms with E-state index in [1.165, 1.54) is 7.05 Å². The first-order valence-corrected chi connectivity index (χ1v) is 5.40. The molecule has 1 saturated heterocycles. The average molecular weight is 192 g/mol. The van der Waals surface area contributed by atoms with Crippen molar-refractivity contribution in [3.63, 3.8) is 0 Å². The molecule has 1 aliphatic heterocycles. The van der Waals surface area contributed by atoms with Gasteiger partial charge in [0.1, 0.15) is 5.75 Å². The molecule has 5 nitrogen and oxygen atoms in total. The molecule has 1 heterocycles. The van der Waals surface area contributed by atoms with Crippen LogP contribution in [0.5, 0.6) is 0 Å². The molecule has 12 heavy (non-hydrogen) atoms. The molecule has 2 N–H and O–H groups in total. The molecule has 0 spiro atoms. The van der Waals surface area contributed by atoms with Crippen LogP contribution in [0.4, 0.5) is 0 Å². The summed E-state index contributed by atoms with van der Waals surface area (Å²) in [6.07, 6.45) is 0. The zero-order valence-electron chi connectivity index (χ0n) is 6.83. The lowest BCUT2D eigenvalue weighted by atomic mass is 10.3. The summed E-state index contributed by atoms with van der Waals surface area (Å²) in [5.41, 5.74) is 0. The molecular formula is C6H12N2O3S. The monoisotopic (exact) mass is 192 g/mol. The summed E-state index contributed by atoms with van der Waals surface area (Å²) in [5, 5.41) is 4.77. The van der Waals surface area contributed by atoms with Gasteiger partial charge in [0, 0.05) is 20.1 Å². The topological polar surface area (TPSA) is 75.3 Å². The molecule has 0 atom stereocenters. The van der Waals surface area contributed by atoms with Gasteiger partial charge in [0.15, 0.2) is 9.84 Å². The predicted octanol–water partition coefficient (Wildman–Crippen LogP) is -1.88. The molecule has 1 fully saturated rings. The Labute approximate surface area is 71.4 Å². The Morgan fingerprint density at radius 3 is 2.50 bits per heavy atom. The first kappa shape index (κ1) is 9.47. The minimum Gasteiger partial charge on any atom is -0.358 e. The molecule has 0 aromatic carbocycles. The van der Waals surface area contributed by atoms with E-state index in [0.29, 0.717) is 13.1 Å². The third-order valence-electron chi connectivity index (χ3n) is 1.86. The molecule has 1 aliphatic rings. The van der Waals surface area contributed by atoms with Crippen molar-refractivity contribution in [2.75, 3.05) is 25.9 Å². The highest BCUT2D eigenvalue weighted by Crippen LogP contribution is 2.06. The van der Waals surface area contributed by atoms with E-state index in [0.717, 1.165) is 0 Å². The SMILES string of the molecule is CNC(=O)CS(=O)(=O)C1CNC1. The first-order chi connectivity index (χ1) is 5.56. The van der Waals surface area contributed by atoms with E-state index in [1.54, 1.807) is 0 Å². The van der Waals surface area contributed by atoms with Crippen LogP contribution in [0.15, 0.2) is 0 Å². The van der Waals surface area contributed by atoms with Crippen molar-refractivity contribution in [2.45, 2.75) is 5.25 Å². The van der Waals surface area contributed by atoms with Crippen LogP contribution in [-0.2, 0) is 14.6 Å². The quantitative estimate of drug-likeness (QED) is 0.549.